The maximum Gasteiger partial charge on any atom is 0.257 e. The summed E-state index contributed by atoms with van der Waals surface area (Å²) < 4.78 is 5.45. The monoisotopic (exact) mass is 359 g/mol. The van der Waals surface area contributed by atoms with Gasteiger partial charge >= 0.3 is 0 Å². The third kappa shape index (κ3) is 3.87. The van der Waals surface area contributed by atoms with Crippen molar-refractivity contribution in [3.05, 3.63) is 45.7 Å². The van der Waals surface area contributed by atoms with Crippen molar-refractivity contribution in [1.82, 2.24) is 9.97 Å². The largest absolute Gasteiger partial charge is 0.494 e. The summed E-state index contributed by atoms with van der Waals surface area (Å²) in [7, 11) is 0. The van der Waals surface area contributed by atoms with Gasteiger partial charge in [-0.15, -0.1) is 0 Å². The zero-order valence-electron chi connectivity index (χ0n) is 14.3. The molecule has 0 spiro atoms. The Morgan fingerprint density at radius 2 is 2.00 bits per heavy atom. The molecule has 25 heavy (non-hydrogen) atoms. The summed E-state index contributed by atoms with van der Waals surface area (Å²) in [5.41, 5.74) is 1.23. The van der Waals surface area contributed by atoms with Crippen molar-refractivity contribution in [2.75, 3.05) is 17.7 Å². The molecular weight excluding hydrogens is 338 g/mol. The number of rotatable bonds is 6. The average Bonchev–Trinajstić information content (AvgIpc) is 2.60. The van der Waals surface area contributed by atoms with Gasteiger partial charge in [-0.2, -0.15) is 0 Å². The molecule has 0 unspecified atom stereocenters. The number of thioether (sulfide) groups is 1. The Morgan fingerprint density at radius 3 is 2.68 bits per heavy atom. The lowest BCUT2D eigenvalue weighted by atomic mass is 9.87. The molecule has 3 rings (SSSR count). The molecule has 2 aromatic rings. The Hall–Kier alpha value is -2.28. The van der Waals surface area contributed by atoms with Gasteiger partial charge in [-0.3, -0.25) is 9.59 Å². The van der Waals surface area contributed by atoms with Crippen molar-refractivity contribution < 1.29 is 9.53 Å². The highest BCUT2D eigenvalue weighted by Crippen LogP contribution is 2.35. The van der Waals surface area contributed by atoms with Crippen LogP contribution < -0.4 is 15.6 Å². The fraction of sp³-hybridized carbons (Fsp3) is 0.389. The minimum Gasteiger partial charge on any atom is -0.494 e. The molecule has 0 fully saturated rings. The SMILES string of the molecule is CCCSc1nc2c(c(=O)[nH]1)[C@H](c1ccc(OCC)cc1)CC(=O)N2. The van der Waals surface area contributed by atoms with Gasteiger partial charge in [0.2, 0.25) is 5.91 Å². The summed E-state index contributed by atoms with van der Waals surface area (Å²) in [6.07, 6.45) is 1.21. The minimum atomic E-state index is -0.305. The molecule has 1 atom stereocenters. The van der Waals surface area contributed by atoms with Crippen LogP contribution in [0, 0.1) is 0 Å². The summed E-state index contributed by atoms with van der Waals surface area (Å²) in [4.78, 5) is 32.0. The topological polar surface area (TPSA) is 84.1 Å². The van der Waals surface area contributed by atoms with Gasteiger partial charge < -0.3 is 15.0 Å². The molecule has 132 valence electrons. The van der Waals surface area contributed by atoms with Crippen LogP contribution in [-0.2, 0) is 4.79 Å². The molecule has 7 heteroatoms. The number of ether oxygens (including phenoxy) is 1. The summed E-state index contributed by atoms with van der Waals surface area (Å²) >= 11 is 1.48. The number of aromatic nitrogens is 2. The minimum absolute atomic E-state index is 0.129. The van der Waals surface area contributed by atoms with Gasteiger partial charge in [0.15, 0.2) is 5.16 Å². The smallest absolute Gasteiger partial charge is 0.257 e. The van der Waals surface area contributed by atoms with Gasteiger partial charge in [0.25, 0.3) is 5.56 Å². The second-order valence-electron chi connectivity index (χ2n) is 5.79. The molecular formula is C18H21N3O3S. The Kier molecular flexibility index (Phi) is 5.43. The highest BCUT2D eigenvalue weighted by Gasteiger charge is 2.30. The fourth-order valence-corrected chi connectivity index (χ4v) is 3.58. The first-order chi connectivity index (χ1) is 12.1. The number of nitrogens with zero attached hydrogens (tertiary/aromatic N) is 1. The number of anilines is 1. The quantitative estimate of drug-likeness (QED) is 0.611. The number of carbonyl (C=O) groups excluding carboxylic acids is 1. The molecule has 1 aromatic heterocycles. The zero-order chi connectivity index (χ0) is 17.8. The number of benzene rings is 1. The van der Waals surface area contributed by atoms with E-state index in [1.165, 1.54) is 11.8 Å². The van der Waals surface area contributed by atoms with E-state index in [1.54, 1.807) is 0 Å². The average molecular weight is 359 g/mol. The number of nitrogens with one attached hydrogen (secondary N) is 2. The van der Waals surface area contributed by atoms with Gasteiger partial charge in [-0.05, 0) is 31.0 Å². The van der Waals surface area contributed by atoms with Gasteiger partial charge in [0.05, 0.1) is 12.2 Å². The molecule has 0 radical (unpaired) electrons. The first kappa shape index (κ1) is 17.5. The van der Waals surface area contributed by atoms with Gasteiger partial charge in [-0.1, -0.05) is 30.8 Å². The predicted molar refractivity (Wildman–Crippen MR) is 98.6 cm³/mol. The molecule has 1 aliphatic heterocycles. The standard InChI is InChI=1S/C18H21N3O3S/c1-3-9-25-18-20-16-15(17(23)21-18)13(10-14(22)19-16)11-5-7-12(8-6-11)24-4-2/h5-8,13H,3-4,9-10H2,1-2H3,(H2,19,20,21,22,23)/t13-/m0/s1. The van der Waals surface area contributed by atoms with E-state index in [4.69, 9.17) is 4.74 Å². The highest BCUT2D eigenvalue weighted by molar-refractivity contribution is 7.99. The fourth-order valence-electron chi connectivity index (χ4n) is 2.87. The molecule has 0 aliphatic carbocycles. The van der Waals surface area contributed by atoms with Crippen molar-refractivity contribution in [3.8, 4) is 5.75 Å². The zero-order valence-corrected chi connectivity index (χ0v) is 15.1. The van der Waals surface area contributed by atoms with E-state index in [0.717, 1.165) is 23.5 Å². The second-order valence-corrected chi connectivity index (χ2v) is 6.87. The Morgan fingerprint density at radius 1 is 1.24 bits per heavy atom. The van der Waals surface area contributed by atoms with Crippen LogP contribution in [0.2, 0.25) is 0 Å². The van der Waals surface area contributed by atoms with Crippen LogP contribution in [0.3, 0.4) is 0 Å². The van der Waals surface area contributed by atoms with E-state index in [1.807, 2.05) is 31.2 Å². The van der Waals surface area contributed by atoms with Crippen LogP contribution in [0.4, 0.5) is 5.82 Å². The maximum atomic E-state index is 12.6. The number of amides is 1. The van der Waals surface area contributed by atoms with Crippen LogP contribution in [0.5, 0.6) is 5.75 Å². The maximum absolute atomic E-state index is 12.6. The lowest BCUT2D eigenvalue weighted by molar-refractivity contribution is -0.116. The molecule has 2 heterocycles. The number of H-pyrrole nitrogens is 1. The van der Waals surface area contributed by atoms with Gasteiger partial charge in [0, 0.05) is 18.1 Å². The third-order valence-corrected chi connectivity index (χ3v) is 5.04. The summed E-state index contributed by atoms with van der Waals surface area (Å²) in [5, 5.41) is 3.28. The molecule has 1 amide bonds. The van der Waals surface area contributed by atoms with Crippen molar-refractivity contribution in [1.29, 1.82) is 0 Å². The normalized spacial score (nSPS) is 16.2. The molecule has 1 aliphatic rings. The van der Waals surface area contributed by atoms with Crippen molar-refractivity contribution in [2.45, 2.75) is 37.8 Å². The van der Waals surface area contributed by atoms with Crippen LogP contribution >= 0.6 is 11.8 Å². The van der Waals surface area contributed by atoms with Gasteiger partial charge in [0.1, 0.15) is 11.6 Å². The van der Waals surface area contributed by atoms with Crippen LogP contribution in [0.15, 0.2) is 34.2 Å². The van der Waals surface area contributed by atoms with E-state index in [-0.39, 0.29) is 23.8 Å². The van der Waals surface area contributed by atoms with E-state index < -0.39 is 0 Å². The van der Waals surface area contributed by atoms with E-state index in [0.29, 0.717) is 23.1 Å². The van der Waals surface area contributed by atoms with Crippen molar-refractivity contribution in [3.63, 3.8) is 0 Å². The summed E-state index contributed by atoms with van der Waals surface area (Å²) in [5.74, 6) is 1.57. The Labute approximate surface area is 150 Å². The van der Waals surface area contributed by atoms with E-state index in [2.05, 4.69) is 22.2 Å². The molecule has 1 aromatic carbocycles. The molecule has 0 saturated carbocycles. The molecule has 0 saturated heterocycles. The van der Waals surface area contributed by atoms with E-state index in [9.17, 15) is 9.59 Å². The second kappa shape index (κ2) is 7.74. The number of fused-ring (bicyclic) bond motifs is 1. The number of hydrogen-bond donors (Lipinski definition) is 2. The molecule has 6 nitrogen and oxygen atoms in total. The number of aromatic amines is 1. The lowest BCUT2D eigenvalue weighted by Crippen LogP contribution is -2.31. The number of carbonyl (C=O) groups is 1. The Bertz CT molecular complexity index is 817. The van der Waals surface area contributed by atoms with Gasteiger partial charge in [-0.25, -0.2) is 4.98 Å². The van der Waals surface area contributed by atoms with Crippen molar-refractivity contribution >= 4 is 23.5 Å². The predicted octanol–water partition coefficient (Wildman–Crippen LogP) is 3.14. The first-order valence-electron chi connectivity index (χ1n) is 8.42. The van der Waals surface area contributed by atoms with Crippen LogP contribution in [0.25, 0.3) is 0 Å². The Balaban J connectivity index is 1.98. The lowest BCUT2D eigenvalue weighted by Gasteiger charge is -2.24. The molecule has 0 bridgehead atoms. The molecule has 2 N–H and O–H groups in total. The van der Waals surface area contributed by atoms with Crippen LogP contribution in [-0.4, -0.2) is 28.2 Å². The van der Waals surface area contributed by atoms with Crippen molar-refractivity contribution in [2.24, 2.45) is 0 Å². The first-order valence-corrected chi connectivity index (χ1v) is 9.40. The number of hydrogen-bond acceptors (Lipinski definition) is 5. The summed E-state index contributed by atoms with van der Waals surface area (Å²) in [6, 6.07) is 7.52. The summed E-state index contributed by atoms with van der Waals surface area (Å²) in [6.45, 7) is 4.58. The van der Waals surface area contributed by atoms with E-state index >= 15 is 0 Å². The third-order valence-electron chi connectivity index (χ3n) is 3.97. The van der Waals surface area contributed by atoms with Crippen LogP contribution in [0.1, 0.15) is 43.7 Å². The highest BCUT2D eigenvalue weighted by atomic mass is 32.2.